The summed E-state index contributed by atoms with van der Waals surface area (Å²) < 4.78 is 1.11. The van der Waals surface area contributed by atoms with Crippen molar-refractivity contribution in [2.45, 2.75) is 31.3 Å². The van der Waals surface area contributed by atoms with Gasteiger partial charge in [-0.2, -0.15) is 0 Å². The lowest BCUT2D eigenvalue weighted by atomic mass is 10.1. The number of likely N-dealkylation sites (N-methyl/N-ethyl adjacent to an activating group) is 1. The Hall–Kier alpha value is -0.740. The quantitative estimate of drug-likeness (QED) is 0.810. The van der Waals surface area contributed by atoms with Crippen LogP contribution in [0.3, 0.4) is 0 Å². The first-order valence-corrected chi connectivity index (χ1v) is 7.46. The number of halogens is 1. The van der Waals surface area contributed by atoms with E-state index in [1.54, 1.807) is 0 Å². The van der Waals surface area contributed by atoms with Crippen LogP contribution in [-0.4, -0.2) is 37.1 Å². The van der Waals surface area contributed by atoms with E-state index in [4.69, 9.17) is 5.73 Å². The molecule has 4 heteroatoms. The fraction of sp³-hybridized carbons (Fsp3) is 0.571. The van der Waals surface area contributed by atoms with E-state index in [2.05, 4.69) is 38.8 Å². The third kappa shape index (κ3) is 2.12. The largest absolute Gasteiger partial charge is 0.397 e. The first-order valence-electron chi connectivity index (χ1n) is 6.67. The molecule has 2 atom stereocenters. The Bertz CT molecular complexity index is 449. The van der Waals surface area contributed by atoms with E-state index in [9.17, 15) is 0 Å². The average molecular weight is 310 g/mol. The molecule has 0 aliphatic carbocycles. The number of hydrogen-bond donors (Lipinski definition) is 1. The van der Waals surface area contributed by atoms with Gasteiger partial charge in [0.05, 0.1) is 11.4 Å². The van der Waals surface area contributed by atoms with Gasteiger partial charge in [0, 0.05) is 29.6 Å². The Morgan fingerprint density at radius 1 is 1.22 bits per heavy atom. The first-order chi connectivity index (χ1) is 8.65. The highest BCUT2D eigenvalue weighted by atomic mass is 79.9. The predicted octanol–water partition coefficient (Wildman–Crippen LogP) is 2.70. The molecule has 2 aliphatic rings. The second-order valence-electron chi connectivity index (χ2n) is 5.49. The van der Waals surface area contributed by atoms with E-state index >= 15 is 0 Å². The fourth-order valence-corrected chi connectivity index (χ4v) is 3.67. The minimum atomic E-state index is 0.691. The number of fused-ring (bicyclic) bond motifs is 2. The van der Waals surface area contributed by atoms with Crippen LogP contribution in [0.15, 0.2) is 22.7 Å². The smallest absolute Gasteiger partial charge is 0.0611 e. The standard InChI is InChI=1S/C14H20BrN3/c1-17-11-3-4-12(17)9-18(7-6-11)14-8-10(15)2-5-13(14)16/h2,5,8,11-12H,3-4,6-7,9,16H2,1H3. The molecule has 2 fully saturated rings. The van der Waals surface area contributed by atoms with Crippen LogP contribution in [0.2, 0.25) is 0 Å². The van der Waals surface area contributed by atoms with Crippen LogP contribution < -0.4 is 10.6 Å². The van der Waals surface area contributed by atoms with Crippen molar-refractivity contribution >= 4 is 27.3 Å². The molecule has 2 saturated heterocycles. The molecule has 2 N–H and O–H groups in total. The summed E-state index contributed by atoms with van der Waals surface area (Å²) in [7, 11) is 2.27. The monoisotopic (exact) mass is 309 g/mol. The lowest BCUT2D eigenvalue weighted by molar-refractivity contribution is 0.254. The number of nitrogens with two attached hydrogens (primary N) is 1. The van der Waals surface area contributed by atoms with Gasteiger partial charge < -0.3 is 10.6 Å². The Labute approximate surface area is 117 Å². The molecule has 2 heterocycles. The van der Waals surface area contributed by atoms with Crippen LogP contribution in [0, 0.1) is 0 Å². The van der Waals surface area contributed by atoms with Gasteiger partial charge in [-0.25, -0.2) is 0 Å². The van der Waals surface area contributed by atoms with Gasteiger partial charge in [0.15, 0.2) is 0 Å². The van der Waals surface area contributed by atoms with Gasteiger partial charge in [0.25, 0.3) is 0 Å². The lowest BCUT2D eigenvalue weighted by Crippen LogP contribution is -2.36. The van der Waals surface area contributed by atoms with Crippen molar-refractivity contribution in [3.63, 3.8) is 0 Å². The molecule has 2 unspecified atom stereocenters. The maximum atomic E-state index is 6.13. The molecule has 2 aliphatic heterocycles. The van der Waals surface area contributed by atoms with Gasteiger partial charge in [-0.05, 0) is 44.5 Å². The molecule has 0 radical (unpaired) electrons. The summed E-state index contributed by atoms with van der Waals surface area (Å²) in [5.74, 6) is 0. The topological polar surface area (TPSA) is 32.5 Å². The minimum absolute atomic E-state index is 0.691. The summed E-state index contributed by atoms with van der Waals surface area (Å²) >= 11 is 3.54. The van der Waals surface area contributed by atoms with E-state index in [0.29, 0.717) is 6.04 Å². The van der Waals surface area contributed by atoms with Crippen LogP contribution in [-0.2, 0) is 0 Å². The molecule has 98 valence electrons. The maximum absolute atomic E-state index is 6.13. The van der Waals surface area contributed by atoms with Crippen LogP contribution in [0.4, 0.5) is 11.4 Å². The van der Waals surface area contributed by atoms with Gasteiger partial charge in [-0.1, -0.05) is 15.9 Å². The third-order valence-electron chi connectivity index (χ3n) is 4.48. The van der Waals surface area contributed by atoms with Crippen LogP contribution in [0.5, 0.6) is 0 Å². The minimum Gasteiger partial charge on any atom is -0.397 e. The second-order valence-corrected chi connectivity index (χ2v) is 6.40. The number of hydrogen-bond acceptors (Lipinski definition) is 3. The summed E-state index contributed by atoms with van der Waals surface area (Å²) in [5, 5.41) is 0. The maximum Gasteiger partial charge on any atom is 0.0611 e. The van der Waals surface area contributed by atoms with Gasteiger partial charge in [-0.3, -0.25) is 4.90 Å². The fourth-order valence-electron chi connectivity index (χ4n) is 3.32. The second kappa shape index (κ2) is 4.74. The van der Waals surface area contributed by atoms with Crippen molar-refractivity contribution in [1.82, 2.24) is 4.90 Å². The Morgan fingerprint density at radius 3 is 2.83 bits per heavy atom. The van der Waals surface area contributed by atoms with E-state index in [-0.39, 0.29) is 0 Å². The van der Waals surface area contributed by atoms with Crippen LogP contribution in [0.25, 0.3) is 0 Å². The molecule has 1 aromatic carbocycles. The summed E-state index contributed by atoms with van der Waals surface area (Å²) in [4.78, 5) is 5.02. The zero-order chi connectivity index (χ0) is 12.7. The molecule has 0 spiro atoms. The van der Waals surface area contributed by atoms with Crippen molar-refractivity contribution < 1.29 is 0 Å². The summed E-state index contributed by atoms with van der Waals surface area (Å²) in [6, 6.07) is 7.61. The van der Waals surface area contributed by atoms with Crippen molar-refractivity contribution in [2.75, 3.05) is 30.8 Å². The van der Waals surface area contributed by atoms with Crippen molar-refractivity contribution in [1.29, 1.82) is 0 Å². The number of anilines is 2. The molecule has 0 aromatic heterocycles. The molecular weight excluding hydrogens is 290 g/mol. The van der Waals surface area contributed by atoms with Gasteiger partial charge >= 0.3 is 0 Å². The zero-order valence-electron chi connectivity index (χ0n) is 10.8. The molecule has 2 bridgehead atoms. The summed E-state index contributed by atoms with van der Waals surface area (Å²) in [5.41, 5.74) is 8.20. The van der Waals surface area contributed by atoms with E-state index in [1.807, 2.05) is 12.1 Å². The predicted molar refractivity (Wildman–Crippen MR) is 80.0 cm³/mol. The van der Waals surface area contributed by atoms with E-state index in [0.717, 1.165) is 29.3 Å². The average Bonchev–Trinajstić information content (AvgIpc) is 2.57. The highest BCUT2D eigenvalue weighted by Gasteiger charge is 2.34. The van der Waals surface area contributed by atoms with Crippen molar-refractivity contribution in [3.05, 3.63) is 22.7 Å². The van der Waals surface area contributed by atoms with Crippen LogP contribution in [0.1, 0.15) is 19.3 Å². The van der Waals surface area contributed by atoms with Crippen molar-refractivity contribution in [3.8, 4) is 0 Å². The molecule has 0 amide bonds. The van der Waals surface area contributed by atoms with E-state index < -0.39 is 0 Å². The molecule has 18 heavy (non-hydrogen) atoms. The SMILES string of the molecule is CN1C2CCC1CN(c1cc(Br)ccc1N)CC2. The number of nitrogens with zero attached hydrogens (tertiary/aromatic N) is 2. The summed E-state index contributed by atoms with van der Waals surface area (Å²) in [6.07, 6.45) is 3.94. The molecular formula is C14H20BrN3. The summed E-state index contributed by atoms with van der Waals surface area (Å²) in [6.45, 7) is 2.22. The number of rotatable bonds is 1. The van der Waals surface area contributed by atoms with E-state index in [1.165, 1.54) is 24.9 Å². The third-order valence-corrected chi connectivity index (χ3v) is 4.97. The Kier molecular flexibility index (Phi) is 3.24. The van der Waals surface area contributed by atoms with Gasteiger partial charge in [0.1, 0.15) is 0 Å². The first kappa shape index (κ1) is 12.3. The number of benzene rings is 1. The highest BCUT2D eigenvalue weighted by molar-refractivity contribution is 9.10. The Morgan fingerprint density at radius 2 is 2.00 bits per heavy atom. The lowest BCUT2D eigenvalue weighted by Gasteiger charge is -2.28. The molecule has 3 rings (SSSR count). The number of nitrogen functional groups attached to an aromatic ring is 1. The normalized spacial score (nSPS) is 28.4. The molecule has 0 saturated carbocycles. The van der Waals surface area contributed by atoms with Crippen molar-refractivity contribution in [2.24, 2.45) is 0 Å². The molecule has 3 nitrogen and oxygen atoms in total. The van der Waals surface area contributed by atoms with Gasteiger partial charge in [0.2, 0.25) is 0 Å². The zero-order valence-corrected chi connectivity index (χ0v) is 12.4. The van der Waals surface area contributed by atoms with Crippen LogP contribution >= 0.6 is 15.9 Å². The highest BCUT2D eigenvalue weighted by Crippen LogP contribution is 2.33. The Balaban J connectivity index is 1.87. The molecule has 1 aromatic rings. The van der Waals surface area contributed by atoms with Gasteiger partial charge in [-0.15, -0.1) is 0 Å².